The minimum Gasteiger partial charge on any atom is -0.469 e. The van der Waals surface area contributed by atoms with Crippen LogP contribution in [0.2, 0.25) is 0 Å². The molecule has 6 nitrogen and oxygen atoms in total. The van der Waals surface area contributed by atoms with Crippen LogP contribution in [0.5, 0.6) is 5.75 Å². The van der Waals surface area contributed by atoms with Crippen LogP contribution in [-0.4, -0.2) is 37.5 Å². The molecule has 106 valence electrons. The highest BCUT2D eigenvalue weighted by Gasteiger charge is 2.57. The minimum absolute atomic E-state index is 0.259. The molecule has 0 bridgehead atoms. The van der Waals surface area contributed by atoms with E-state index in [2.05, 4.69) is 9.47 Å². The number of rotatable bonds is 3. The van der Waals surface area contributed by atoms with Gasteiger partial charge in [-0.25, -0.2) is 4.79 Å². The van der Waals surface area contributed by atoms with Crippen molar-refractivity contribution in [3.05, 3.63) is 29.3 Å². The lowest BCUT2D eigenvalue weighted by Gasteiger charge is -2.22. The Morgan fingerprint density at radius 3 is 2.55 bits per heavy atom. The molecule has 1 heterocycles. The topological polar surface area (TPSA) is 78.9 Å². The zero-order valence-electron chi connectivity index (χ0n) is 11.4. The molecule has 0 N–H and O–H groups in total. The number of hydrogen-bond donors (Lipinski definition) is 0. The van der Waals surface area contributed by atoms with Crippen molar-refractivity contribution in [2.24, 2.45) is 0 Å². The van der Waals surface area contributed by atoms with Crippen molar-refractivity contribution < 1.29 is 28.6 Å². The van der Waals surface area contributed by atoms with E-state index in [4.69, 9.17) is 4.74 Å². The fraction of sp³-hybridized carbons (Fsp3) is 0.357. The molecule has 1 aliphatic heterocycles. The highest BCUT2D eigenvalue weighted by atomic mass is 16.6. The second-order valence-electron chi connectivity index (χ2n) is 4.50. The molecule has 0 unspecified atom stereocenters. The van der Waals surface area contributed by atoms with Gasteiger partial charge in [-0.1, -0.05) is 11.6 Å². The van der Waals surface area contributed by atoms with Gasteiger partial charge in [-0.15, -0.1) is 0 Å². The zero-order valence-corrected chi connectivity index (χ0v) is 11.4. The first kappa shape index (κ1) is 14.0. The van der Waals surface area contributed by atoms with Crippen LogP contribution in [0, 0.1) is 6.92 Å². The van der Waals surface area contributed by atoms with E-state index in [0.29, 0.717) is 0 Å². The molecule has 0 aromatic heterocycles. The molecular formula is C14H14O6. The third-order valence-corrected chi connectivity index (χ3v) is 3.17. The lowest BCUT2D eigenvalue weighted by molar-refractivity contribution is -0.160. The first-order valence-electron chi connectivity index (χ1n) is 5.94. The number of carbonyl (C=O) groups is 3. The molecular weight excluding hydrogens is 264 g/mol. The molecule has 20 heavy (non-hydrogen) atoms. The van der Waals surface area contributed by atoms with Crippen molar-refractivity contribution in [3.63, 3.8) is 0 Å². The number of aryl methyl sites for hydroxylation is 1. The molecule has 0 radical (unpaired) electrons. The van der Waals surface area contributed by atoms with Gasteiger partial charge >= 0.3 is 11.9 Å². The molecule has 2 rings (SSSR count). The van der Waals surface area contributed by atoms with Gasteiger partial charge in [0.25, 0.3) is 5.60 Å². The van der Waals surface area contributed by atoms with Crippen LogP contribution in [0.3, 0.4) is 0 Å². The standard InChI is InChI=1S/C14H14O6/c1-8-4-5-10-9(6-8)12(16)14(20-10,13(17)19-3)7-11(15)18-2/h4-6H,7H2,1-3H3/t14-/m1/s1. The summed E-state index contributed by atoms with van der Waals surface area (Å²) in [4.78, 5) is 36.0. The molecule has 0 saturated carbocycles. The Labute approximate surface area is 115 Å². The summed E-state index contributed by atoms with van der Waals surface area (Å²) in [6, 6.07) is 4.95. The number of ether oxygens (including phenoxy) is 3. The van der Waals surface area contributed by atoms with E-state index in [9.17, 15) is 14.4 Å². The fourth-order valence-electron chi connectivity index (χ4n) is 2.13. The summed E-state index contributed by atoms with van der Waals surface area (Å²) in [6.45, 7) is 1.81. The summed E-state index contributed by atoms with van der Waals surface area (Å²) >= 11 is 0. The zero-order chi connectivity index (χ0) is 14.9. The van der Waals surface area contributed by atoms with Gasteiger partial charge in [0.1, 0.15) is 12.2 Å². The van der Waals surface area contributed by atoms with Gasteiger partial charge in [0.15, 0.2) is 0 Å². The molecule has 6 heteroatoms. The predicted molar refractivity (Wildman–Crippen MR) is 67.5 cm³/mol. The Kier molecular flexibility index (Phi) is 3.48. The molecule has 0 spiro atoms. The van der Waals surface area contributed by atoms with Gasteiger partial charge in [-0.2, -0.15) is 0 Å². The van der Waals surface area contributed by atoms with Crippen LogP contribution in [0.4, 0.5) is 0 Å². The van der Waals surface area contributed by atoms with E-state index in [1.807, 2.05) is 6.92 Å². The van der Waals surface area contributed by atoms with Gasteiger partial charge in [0, 0.05) is 0 Å². The third kappa shape index (κ3) is 2.03. The van der Waals surface area contributed by atoms with E-state index in [-0.39, 0.29) is 11.3 Å². The van der Waals surface area contributed by atoms with Crippen molar-refractivity contribution >= 4 is 17.7 Å². The summed E-state index contributed by atoms with van der Waals surface area (Å²) in [7, 11) is 2.30. The molecule has 1 aromatic rings. The van der Waals surface area contributed by atoms with Crippen molar-refractivity contribution in [1.82, 2.24) is 0 Å². The maximum Gasteiger partial charge on any atom is 0.359 e. The molecule has 0 fully saturated rings. The number of benzene rings is 1. The summed E-state index contributed by atoms with van der Waals surface area (Å²) in [5, 5.41) is 0. The maximum atomic E-state index is 12.5. The number of esters is 2. The Bertz CT molecular complexity index is 591. The fourth-order valence-corrected chi connectivity index (χ4v) is 2.13. The normalized spacial score (nSPS) is 20.1. The minimum atomic E-state index is -1.99. The third-order valence-electron chi connectivity index (χ3n) is 3.17. The molecule has 0 aliphatic carbocycles. The Hall–Kier alpha value is -2.37. The smallest absolute Gasteiger partial charge is 0.359 e. The number of ketones is 1. The predicted octanol–water partition coefficient (Wildman–Crippen LogP) is 1.05. The number of methoxy groups -OCH3 is 2. The van der Waals surface area contributed by atoms with Crippen LogP contribution < -0.4 is 4.74 Å². The van der Waals surface area contributed by atoms with Crippen LogP contribution in [0.1, 0.15) is 22.3 Å². The number of fused-ring (bicyclic) bond motifs is 1. The number of hydrogen-bond acceptors (Lipinski definition) is 6. The summed E-state index contributed by atoms with van der Waals surface area (Å²) in [5.41, 5.74) is -0.878. The molecule has 1 aliphatic rings. The highest BCUT2D eigenvalue weighted by molar-refractivity contribution is 6.20. The summed E-state index contributed by atoms with van der Waals surface area (Å²) in [5.74, 6) is -1.97. The van der Waals surface area contributed by atoms with Crippen molar-refractivity contribution in [2.45, 2.75) is 18.9 Å². The average molecular weight is 278 g/mol. The second-order valence-corrected chi connectivity index (χ2v) is 4.50. The van der Waals surface area contributed by atoms with E-state index in [1.165, 1.54) is 7.11 Å². The molecule has 0 amide bonds. The molecule has 1 aromatic carbocycles. The Morgan fingerprint density at radius 2 is 1.95 bits per heavy atom. The van der Waals surface area contributed by atoms with Gasteiger partial charge in [0.2, 0.25) is 5.78 Å². The van der Waals surface area contributed by atoms with E-state index in [0.717, 1.165) is 12.7 Å². The van der Waals surface area contributed by atoms with E-state index >= 15 is 0 Å². The van der Waals surface area contributed by atoms with Crippen LogP contribution in [0.15, 0.2) is 18.2 Å². The summed E-state index contributed by atoms with van der Waals surface area (Å²) < 4.78 is 14.6. The summed E-state index contributed by atoms with van der Waals surface area (Å²) in [6.07, 6.45) is -0.525. The van der Waals surface area contributed by atoms with Gasteiger partial charge in [-0.05, 0) is 19.1 Å². The monoisotopic (exact) mass is 278 g/mol. The van der Waals surface area contributed by atoms with E-state index < -0.39 is 29.7 Å². The molecule has 0 saturated heterocycles. The van der Waals surface area contributed by atoms with Crippen molar-refractivity contribution in [2.75, 3.05) is 14.2 Å². The van der Waals surface area contributed by atoms with Gasteiger partial charge in [-0.3, -0.25) is 9.59 Å². The van der Waals surface area contributed by atoms with Crippen LogP contribution in [-0.2, 0) is 19.1 Å². The lowest BCUT2D eigenvalue weighted by atomic mass is 9.91. The second kappa shape index (κ2) is 4.96. The van der Waals surface area contributed by atoms with Crippen molar-refractivity contribution in [3.8, 4) is 5.75 Å². The van der Waals surface area contributed by atoms with Gasteiger partial charge in [0.05, 0.1) is 19.8 Å². The Morgan fingerprint density at radius 1 is 1.25 bits per heavy atom. The van der Waals surface area contributed by atoms with E-state index in [1.54, 1.807) is 18.2 Å². The maximum absolute atomic E-state index is 12.5. The number of Topliss-reactive ketones (excluding diaryl/α,β-unsaturated/α-hetero) is 1. The Balaban J connectivity index is 2.48. The molecule has 1 atom stereocenters. The van der Waals surface area contributed by atoms with Gasteiger partial charge < -0.3 is 14.2 Å². The highest BCUT2D eigenvalue weighted by Crippen LogP contribution is 2.38. The first-order chi connectivity index (χ1) is 9.44. The first-order valence-corrected chi connectivity index (χ1v) is 5.94. The van der Waals surface area contributed by atoms with Crippen LogP contribution >= 0.6 is 0 Å². The number of carbonyl (C=O) groups excluding carboxylic acids is 3. The SMILES string of the molecule is COC(=O)C[C@@]1(C(=O)OC)Oc2ccc(C)cc2C1=O. The van der Waals surface area contributed by atoms with Crippen molar-refractivity contribution in [1.29, 1.82) is 0 Å². The quantitative estimate of drug-likeness (QED) is 0.607. The average Bonchev–Trinajstić information content (AvgIpc) is 2.72. The lowest BCUT2D eigenvalue weighted by Crippen LogP contribution is -2.50. The largest absolute Gasteiger partial charge is 0.469 e. The van der Waals surface area contributed by atoms with Crippen LogP contribution in [0.25, 0.3) is 0 Å².